The largest absolute Gasteiger partial charge is 0.491 e. The Morgan fingerprint density at radius 1 is 0.929 bits per heavy atom. The van der Waals surface area contributed by atoms with Crippen LogP contribution < -0.4 is 4.74 Å². The number of imidazole rings is 1. The number of aliphatic hydroxyl groups is 1. The average molecular weight is 372 g/mol. The van der Waals surface area contributed by atoms with Gasteiger partial charge in [-0.25, -0.2) is 4.98 Å². The molecule has 0 fully saturated rings. The van der Waals surface area contributed by atoms with E-state index in [9.17, 15) is 5.11 Å². The Morgan fingerprint density at radius 3 is 2.46 bits per heavy atom. The van der Waals surface area contributed by atoms with E-state index in [0.29, 0.717) is 6.54 Å². The third-order valence-electron chi connectivity index (χ3n) is 4.92. The van der Waals surface area contributed by atoms with E-state index in [4.69, 9.17) is 9.72 Å². The van der Waals surface area contributed by atoms with Crippen LogP contribution in [0.2, 0.25) is 0 Å². The maximum atomic E-state index is 10.6. The Hall–Kier alpha value is -3.11. The van der Waals surface area contributed by atoms with Crippen LogP contribution in [0.4, 0.5) is 0 Å². The summed E-state index contributed by atoms with van der Waals surface area (Å²) in [4.78, 5) is 4.83. The fourth-order valence-corrected chi connectivity index (χ4v) is 3.42. The summed E-state index contributed by atoms with van der Waals surface area (Å²) in [6.45, 7) is 2.79. The second kappa shape index (κ2) is 8.28. The molecule has 0 aliphatic carbocycles. The number of benzene rings is 3. The second-order valence-electron chi connectivity index (χ2n) is 7.01. The topological polar surface area (TPSA) is 47.3 Å². The summed E-state index contributed by atoms with van der Waals surface area (Å²) in [6, 6.07) is 26.0. The molecule has 1 aromatic heterocycles. The molecule has 0 radical (unpaired) electrons. The van der Waals surface area contributed by atoms with Crippen LogP contribution in [0.5, 0.6) is 5.75 Å². The highest BCUT2D eigenvalue weighted by molar-refractivity contribution is 5.76. The lowest BCUT2D eigenvalue weighted by atomic mass is 10.1. The Labute approximate surface area is 165 Å². The van der Waals surface area contributed by atoms with Gasteiger partial charge in [-0.1, -0.05) is 54.6 Å². The number of hydrogen-bond donors (Lipinski definition) is 1. The zero-order valence-electron chi connectivity index (χ0n) is 16.0. The highest BCUT2D eigenvalue weighted by atomic mass is 16.5. The van der Waals surface area contributed by atoms with E-state index in [0.717, 1.165) is 29.0 Å². The molecule has 0 spiro atoms. The third kappa shape index (κ3) is 4.07. The van der Waals surface area contributed by atoms with Gasteiger partial charge < -0.3 is 14.4 Å². The number of aryl methyl sites for hydroxylation is 1. The van der Waals surface area contributed by atoms with Gasteiger partial charge in [-0.3, -0.25) is 0 Å². The van der Waals surface area contributed by atoms with Crippen molar-refractivity contribution in [2.75, 3.05) is 6.61 Å². The Balaban J connectivity index is 1.57. The molecule has 1 heterocycles. The van der Waals surface area contributed by atoms with Gasteiger partial charge in [0.05, 0.1) is 17.6 Å². The van der Waals surface area contributed by atoms with E-state index in [1.807, 2.05) is 54.6 Å². The van der Waals surface area contributed by atoms with Crippen LogP contribution in [0, 0.1) is 6.92 Å². The molecule has 0 bridgehead atoms. The summed E-state index contributed by atoms with van der Waals surface area (Å²) in [7, 11) is 0. The molecule has 0 aliphatic heterocycles. The first-order valence-electron chi connectivity index (χ1n) is 9.55. The number of rotatable bonds is 7. The van der Waals surface area contributed by atoms with Gasteiger partial charge >= 0.3 is 0 Å². The molecule has 28 heavy (non-hydrogen) atoms. The van der Waals surface area contributed by atoms with Crippen LogP contribution in [0.15, 0.2) is 78.9 Å². The number of para-hydroxylation sites is 3. The van der Waals surface area contributed by atoms with E-state index in [1.54, 1.807) is 0 Å². The van der Waals surface area contributed by atoms with Crippen LogP contribution in [0.25, 0.3) is 11.0 Å². The molecule has 4 heteroatoms. The fourth-order valence-electron chi connectivity index (χ4n) is 3.42. The lowest BCUT2D eigenvalue weighted by Crippen LogP contribution is -2.24. The lowest BCUT2D eigenvalue weighted by Gasteiger charge is -2.16. The number of ether oxygens (including phenoxy) is 1. The molecule has 1 atom stereocenters. The first kappa shape index (κ1) is 18.3. The minimum atomic E-state index is -0.631. The smallest absolute Gasteiger partial charge is 0.119 e. The molecule has 0 saturated heterocycles. The van der Waals surface area contributed by atoms with E-state index < -0.39 is 6.10 Å². The first-order valence-corrected chi connectivity index (χ1v) is 9.55. The summed E-state index contributed by atoms with van der Waals surface area (Å²) in [5.41, 5.74) is 4.47. The number of aromatic nitrogens is 2. The molecular formula is C24H24N2O2. The molecule has 4 aromatic rings. The van der Waals surface area contributed by atoms with Gasteiger partial charge in [0.2, 0.25) is 0 Å². The summed E-state index contributed by atoms with van der Waals surface area (Å²) >= 11 is 0. The number of aliphatic hydroxyl groups excluding tert-OH is 1. The van der Waals surface area contributed by atoms with Gasteiger partial charge in [0.25, 0.3) is 0 Å². The molecule has 142 valence electrons. The number of nitrogens with zero attached hydrogens (tertiary/aromatic N) is 2. The van der Waals surface area contributed by atoms with Gasteiger partial charge in [0.1, 0.15) is 24.3 Å². The summed E-state index contributed by atoms with van der Waals surface area (Å²) in [5, 5.41) is 10.6. The quantitative estimate of drug-likeness (QED) is 0.524. The van der Waals surface area contributed by atoms with Gasteiger partial charge in [-0.2, -0.15) is 0 Å². The zero-order valence-corrected chi connectivity index (χ0v) is 16.0. The molecule has 0 saturated carbocycles. The first-order chi connectivity index (χ1) is 13.7. The monoisotopic (exact) mass is 372 g/mol. The predicted molar refractivity (Wildman–Crippen MR) is 112 cm³/mol. The van der Waals surface area contributed by atoms with Gasteiger partial charge in [0, 0.05) is 6.42 Å². The summed E-state index contributed by atoms with van der Waals surface area (Å²) in [6.07, 6.45) is 0.0987. The number of hydrogen-bond acceptors (Lipinski definition) is 3. The molecular weight excluding hydrogens is 348 g/mol. The zero-order chi connectivity index (χ0) is 19.3. The molecule has 0 amide bonds. The molecule has 3 aromatic carbocycles. The standard InChI is InChI=1S/C24H24N2O2/c1-18-9-5-6-10-19(18)15-24-25-22-13-7-8-14-23(22)26(24)16-20(27)17-28-21-11-3-2-4-12-21/h2-14,20,27H,15-17H2,1H3/t20-/m0/s1. The van der Waals surface area contributed by atoms with E-state index in [2.05, 4.69) is 35.8 Å². The van der Waals surface area contributed by atoms with Gasteiger partial charge in [-0.15, -0.1) is 0 Å². The summed E-state index contributed by atoms with van der Waals surface area (Å²) in [5.74, 6) is 1.71. The minimum absolute atomic E-state index is 0.236. The Bertz CT molecular complexity index is 1060. The van der Waals surface area contributed by atoms with Gasteiger partial charge in [-0.05, 0) is 42.3 Å². The van der Waals surface area contributed by atoms with Crippen LogP contribution in [0.1, 0.15) is 17.0 Å². The highest BCUT2D eigenvalue weighted by Gasteiger charge is 2.15. The Kier molecular flexibility index (Phi) is 5.40. The highest BCUT2D eigenvalue weighted by Crippen LogP contribution is 2.21. The second-order valence-corrected chi connectivity index (χ2v) is 7.01. The number of fused-ring (bicyclic) bond motifs is 1. The van der Waals surface area contributed by atoms with Crippen molar-refractivity contribution in [1.29, 1.82) is 0 Å². The fraction of sp³-hybridized carbons (Fsp3) is 0.208. The van der Waals surface area contributed by atoms with E-state index in [1.165, 1.54) is 11.1 Å². The van der Waals surface area contributed by atoms with Crippen molar-refractivity contribution in [2.24, 2.45) is 0 Å². The van der Waals surface area contributed by atoms with Crippen LogP contribution in [-0.2, 0) is 13.0 Å². The predicted octanol–water partition coefficient (Wildman–Crippen LogP) is 4.38. The van der Waals surface area contributed by atoms with Crippen molar-refractivity contribution < 1.29 is 9.84 Å². The van der Waals surface area contributed by atoms with Gasteiger partial charge in [0.15, 0.2) is 0 Å². The van der Waals surface area contributed by atoms with Crippen molar-refractivity contribution >= 4 is 11.0 Å². The molecule has 4 rings (SSSR count). The minimum Gasteiger partial charge on any atom is -0.491 e. The van der Waals surface area contributed by atoms with E-state index in [-0.39, 0.29) is 6.61 Å². The maximum absolute atomic E-state index is 10.6. The van der Waals surface area contributed by atoms with Crippen molar-refractivity contribution in [2.45, 2.75) is 26.0 Å². The SMILES string of the molecule is Cc1ccccc1Cc1nc2ccccc2n1C[C@H](O)COc1ccccc1. The molecule has 1 N–H and O–H groups in total. The Morgan fingerprint density at radius 2 is 1.64 bits per heavy atom. The van der Waals surface area contributed by atoms with E-state index >= 15 is 0 Å². The average Bonchev–Trinajstić information content (AvgIpc) is 3.06. The van der Waals surface area contributed by atoms with Crippen LogP contribution >= 0.6 is 0 Å². The van der Waals surface area contributed by atoms with Crippen molar-refractivity contribution in [3.63, 3.8) is 0 Å². The van der Waals surface area contributed by atoms with Crippen molar-refractivity contribution in [3.8, 4) is 5.75 Å². The normalized spacial score (nSPS) is 12.2. The molecule has 0 aliphatic rings. The lowest BCUT2D eigenvalue weighted by molar-refractivity contribution is 0.0928. The van der Waals surface area contributed by atoms with Crippen LogP contribution in [0.3, 0.4) is 0 Å². The van der Waals surface area contributed by atoms with Crippen molar-refractivity contribution in [3.05, 3.63) is 95.8 Å². The third-order valence-corrected chi connectivity index (χ3v) is 4.92. The maximum Gasteiger partial charge on any atom is 0.119 e. The summed E-state index contributed by atoms with van der Waals surface area (Å²) < 4.78 is 7.83. The van der Waals surface area contributed by atoms with Crippen molar-refractivity contribution in [1.82, 2.24) is 9.55 Å². The molecule has 4 nitrogen and oxygen atoms in total. The molecule has 0 unspecified atom stereocenters. The van der Waals surface area contributed by atoms with Crippen LogP contribution in [-0.4, -0.2) is 27.4 Å².